The first-order chi connectivity index (χ1) is 9.65. The molecule has 0 aliphatic heterocycles. The molecule has 0 atom stereocenters. The minimum atomic E-state index is -0.0968. The summed E-state index contributed by atoms with van der Waals surface area (Å²) in [7, 11) is 1.61. The zero-order valence-electron chi connectivity index (χ0n) is 11.6. The third-order valence-electron chi connectivity index (χ3n) is 3.24. The minimum Gasteiger partial charge on any atom is -0.355 e. The van der Waals surface area contributed by atoms with Crippen LogP contribution in [0.3, 0.4) is 0 Å². The molecule has 2 aromatic carbocycles. The highest BCUT2D eigenvalue weighted by Crippen LogP contribution is 2.20. The summed E-state index contributed by atoms with van der Waals surface area (Å²) in [5.74, 6) is 0.0481. The highest BCUT2D eigenvalue weighted by Gasteiger charge is 2.05. The van der Waals surface area contributed by atoms with Crippen LogP contribution < -0.4 is 5.32 Å². The van der Waals surface area contributed by atoms with Crippen molar-refractivity contribution in [1.29, 1.82) is 0 Å². The molecule has 0 saturated carbocycles. The van der Waals surface area contributed by atoms with E-state index in [4.69, 9.17) is 0 Å². The number of hydrogen-bond acceptors (Lipinski definition) is 2. The van der Waals surface area contributed by atoms with Gasteiger partial charge in [0, 0.05) is 24.6 Å². The Balaban J connectivity index is 2.23. The molecular formula is C17H17NO2. The van der Waals surface area contributed by atoms with Gasteiger partial charge in [-0.3, -0.25) is 9.59 Å². The van der Waals surface area contributed by atoms with Gasteiger partial charge in [0.25, 0.3) is 5.91 Å². The highest BCUT2D eigenvalue weighted by molar-refractivity contribution is 5.96. The number of carbonyl (C=O) groups is 2. The quantitative estimate of drug-likeness (QED) is 0.864. The van der Waals surface area contributed by atoms with E-state index in [9.17, 15) is 9.59 Å². The van der Waals surface area contributed by atoms with Gasteiger partial charge in [0.2, 0.25) is 0 Å². The first-order valence-electron chi connectivity index (χ1n) is 6.61. The van der Waals surface area contributed by atoms with Crippen molar-refractivity contribution in [3.05, 3.63) is 59.7 Å². The smallest absolute Gasteiger partial charge is 0.251 e. The lowest BCUT2D eigenvalue weighted by molar-refractivity contribution is 0.0961. The fraction of sp³-hybridized carbons (Fsp3) is 0.176. The van der Waals surface area contributed by atoms with Gasteiger partial charge < -0.3 is 5.32 Å². The zero-order chi connectivity index (χ0) is 14.5. The topological polar surface area (TPSA) is 46.2 Å². The van der Waals surface area contributed by atoms with Gasteiger partial charge in [-0.05, 0) is 23.3 Å². The fourth-order valence-electron chi connectivity index (χ4n) is 2.01. The largest absolute Gasteiger partial charge is 0.355 e. The maximum Gasteiger partial charge on any atom is 0.251 e. The van der Waals surface area contributed by atoms with Crippen LogP contribution in [0, 0.1) is 0 Å². The number of carbonyl (C=O) groups excluding carboxylic acids is 2. The molecule has 1 amide bonds. The van der Waals surface area contributed by atoms with E-state index < -0.39 is 0 Å². The number of rotatable bonds is 4. The normalized spacial score (nSPS) is 10.1. The Kier molecular flexibility index (Phi) is 4.31. The van der Waals surface area contributed by atoms with Gasteiger partial charge in [-0.2, -0.15) is 0 Å². The van der Waals surface area contributed by atoms with E-state index in [1.54, 1.807) is 19.2 Å². The summed E-state index contributed by atoms with van der Waals surface area (Å²) in [6.07, 6.45) is 0.514. The van der Waals surface area contributed by atoms with Gasteiger partial charge >= 0.3 is 0 Å². The number of benzene rings is 2. The zero-order valence-corrected chi connectivity index (χ0v) is 11.6. The fourth-order valence-corrected chi connectivity index (χ4v) is 2.01. The summed E-state index contributed by atoms with van der Waals surface area (Å²) in [6.45, 7) is 1.85. The van der Waals surface area contributed by atoms with Crippen molar-refractivity contribution in [2.75, 3.05) is 7.05 Å². The lowest BCUT2D eigenvalue weighted by Crippen LogP contribution is -2.17. The van der Waals surface area contributed by atoms with Crippen LogP contribution in [-0.4, -0.2) is 18.7 Å². The molecular weight excluding hydrogens is 250 g/mol. The molecule has 3 nitrogen and oxygen atoms in total. The van der Waals surface area contributed by atoms with Gasteiger partial charge in [0.15, 0.2) is 5.78 Å². The Morgan fingerprint density at radius 2 is 1.30 bits per heavy atom. The first kappa shape index (κ1) is 14.0. The van der Waals surface area contributed by atoms with Crippen molar-refractivity contribution in [2.24, 2.45) is 0 Å². The molecule has 0 spiro atoms. The first-order valence-corrected chi connectivity index (χ1v) is 6.61. The summed E-state index contributed by atoms with van der Waals surface area (Å²) in [6, 6.07) is 14.9. The third kappa shape index (κ3) is 2.94. The molecule has 2 rings (SSSR count). The van der Waals surface area contributed by atoms with Crippen LogP contribution in [0.5, 0.6) is 0 Å². The second-order valence-corrected chi connectivity index (χ2v) is 4.51. The Labute approximate surface area is 118 Å². The van der Waals surface area contributed by atoms with Crippen LogP contribution >= 0.6 is 0 Å². The summed E-state index contributed by atoms with van der Waals surface area (Å²) in [5.41, 5.74) is 3.42. The van der Waals surface area contributed by atoms with Gasteiger partial charge in [-0.15, -0.1) is 0 Å². The predicted octanol–water partition coefficient (Wildman–Crippen LogP) is 3.31. The van der Waals surface area contributed by atoms with E-state index in [-0.39, 0.29) is 11.7 Å². The molecule has 0 heterocycles. The van der Waals surface area contributed by atoms with Crippen LogP contribution in [-0.2, 0) is 0 Å². The molecule has 0 bridgehead atoms. The van der Waals surface area contributed by atoms with E-state index >= 15 is 0 Å². The number of nitrogens with one attached hydrogen (secondary N) is 1. The monoisotopic (exact) mass is 267 g/mol. The van der Waals surface area contributed by atoms with E-state index in [1.165, 1.54) is 0 Å². The Morgan fingerprint density at radius 1 is 0.850 bits per heavy atom. The molecule has 102 valence electrons. The molecule has 0 fully saturated rings. The van der Waals surface area contributed by atoms with Crippen LogP contribution in [0.1, 0.15) is 34.1 Å². The Bertz CT molecular complexity index is 555. The van der Waals surface area contributed by atoms with Crippen LogP contribution in [0.15, 0.2) is 48.5 Å². The lowest BCUT2D eigenvalue weighted by Gasteiger charge is -2.05. The van der Waals surface area contributed by atoms with E-state index in [0.29, 0.717) is 12.0 Å². The summed E-state index contributed by atoms with van der Waals surface area (Å²) < 4.78 is 0. The molecule has 0 unspecified atom stereocenters. The van der Waals surface area contributed by atoms with Gasteiger partial charge in [-0.1, -0.05) is 43.3 Å². The van der Waals surface area contributed by atoms with Crippen molar-refractivity contribution in [2.45, 2.75) is 13.3 Å². The van der Waals surface area contributed by atoms with Crippen LogP contribution in [0.2, 0.25) is 0 Å². The number of hydrogen-bond donors (Lipinski definition) is 1. The predicted molar refractivity (Wildman–Crippen MR) is 79.9 cm³/mol. The molecule has 0 aliphatic rings. The van der Waals surface area contributed by atoms with Crippen molar-refractivity contribution in [1.82, 2.24) is 5.32 Å². The standard InChI is InChI=1S/C17H17NO2/c1-3-16(19)14-8-4-12(5-9-14)13-6-10-15(11-7-13)17(20)18-2/h4-11H,3H2,1-2H3,(H,18,20). The molecule has 3 heteroatoms. The van der Waals surface area contributed by atoms with Gasteiger partial charge in [0.05, 0.1) is 0 Å². The van der Waals surface area contributed by atoms with Crippen LogP contribution in [0.25, 0.3) is 11.1 Å². The van der Waals surface area contributed by atoms with Crippen molar-refractivity contribution in [3.8, 4) is 11.1 Å². The minimum absolute atomic E-state index is 0.0968. The molecule has 0 aliphatic carbocycles. The van der Waals surface area contributed by atoms with Gasteiger partial charge in [-0.25, -0.2) is 0 Å². The highest BCUT2D eigenvalue weighted by atomic mass is 16.1. The third-order valence-corrected chi connectivity index (χ3v) is 3.24. The molecule has 1 N–H and O–H groups in total. The number of ketones is 1. The summed E-state index contributed by atoms with van der Waals surface area (Å²) in [4.78, 5) is 23.0. The summed E-state index contributed by atoms with van der Waals surface area (Å²) in [5, 5.41) is 2.59. The Morgan fingerprint density at radius 3 is 1.70 bits per heavy atom. The van der Waals surface area contributed by atoms with E-state index in [2.05, 4.69) is 5.32 Å². The molecule has 0 saturated heterocycles. The average Bonchev–Trinajstić information content (AvgIpc) is 2.53. The van der Waals surface area contributed by atoms with Crippen molar-refractivity contribution >= 4 is 11.7 Å². The van der Waals surface area contributed by atoms with E-state index in [0.717, 1.165) is 16.7 Å². The molecule has 20 heavy (non-hydrogen) atoms. The maximum absolute atomic E-state index is 11.6. The number of Topliss-reactive ketones (excluding diaryl/α,β-unsaturated/α-hetero) is 1. The van der Waals surface area contributed by atoms with Crippen molar-refractivity contribution in [3.63, 3.8) is 0 Å². The molecule has 0 radical (unpaired) electrons. The summed E-state index contributed by atoms with van der Waals surface area (Å²) >= 11 is 0. The van der Waals surface area contributed by atoms with Gasteiger partial charge in [0.1, 0.15) is 0 Å². The molecule has 2 aromatic rings. The SMILES string of the molecule is CCC(=O)c1ccc(-c2ccc(C(=O)NC)cc2)cc1. The second kappa shape index (κ2) is 6.15. The number of amides is 1. The van der Waals surface area contributed by atoms with E-state index in [1.807, 2.05) is 43.3 Å². The Hall–Kier alpha value is -2.42. The van der Waals surface area contributed by atoms with Crippen molar-refractivity contribution < 1.29 is 9.59 Å². The molecule has 0 aromatic heterocycles. The average molecular weight is 267 g/mol. The van der Waals surface area contributed by atoms with Crippen LogP contribution in [0.4, 0.5) is 0 Å². The lowest BCUT2D eigenvalue weighted by atomic mass is 10.0. The second-order valence-electron chi connectivity index (χ2n) is 4.51. The maximum atomic E-state index is 11.6.